The van der Waals surface area contributed by atoms with Gasteiger partial charge in [0.1, 0.15) is 12.0 Å². The van der Waals surface area contributed by atoms with Gasteiger partial charge in [-0.1, -0.05) is 72.8 Å². The topological polar surface area (TPSA) is 26.0 Å². The van der Waals surface area contributed by atoms with Crippen LogP contribution in [0, 0.1) is 0 Å². The maximum atomic E-state index is 5.61. The number of hydrogen-bond donors (Lipinski definition) is 0. The Labute approximate surface area is 135 Å². The molecule has 0 aliphatic rings. The summed E-state index contributed by atoms with van der Waals surface area (Å²) >= 11 is 0. The number of benzene rings is 3. The van der Waals surface area contributed by atoms with E-state index in [1.165, 1.54) is 11.1 Å². The first kappa shape index (κ1) is 13.5. The molecule has 0 aliphatic heterocycles. The van der Waals surface area contributed by atoms with Crippen molar-refractivity contribution in [3.63, 3.8) is 0 Å². The summed E-state index contributed by atoms with van der Waals surface area (Å²) in [4.78, 5) is 4.59. The van der Waals surface area contributed by atoms with Gasteiger partial charge < -0.3 is 4.42 Å². The normalized spacial score (nSPS) is 10.6. The lowest BCUT2D eigenvalue weighted by molar-refractivity contribution is 0.575. The van der Waals surface area contributed by atoms with E-state index in [-0.39, 0.29) is 0 Å². The monoisotopic (exact) mass is 297 g/mol. The van der Waals surface area contributed by atoms with E-state index in [0.717, 1.165) is 16.8 Å². The highest BCUT2D eigenvalue weighted by atomic mass is 16.3. The van der Waals surface area contributed by atoms with Gasteiger partial charge in [0.25, 0.3) is 0 Å². The third-order valence-electron chi connectivity index (χ3n) is 3.81. The molecular weight excluding hydrogens is 282 g/mol. The van der Waals surface area contributed by atoms with Gasteiger partial charge >= 0.3 is 0 Å². The number of nitrogens with zero attached hydrogens (tertiary/aromatic N) is 1. The molecule has 0 saturated carbocycles. The lowest BCUT2D eigenvalue weighted by Crippen LogP contribution is -1.81. The summed E-state index contributed by atoms with van der Waals surface area (Å²) in [6, 6.07) is 28.7. The van der Waals surface area contributed by atoms with Crippen LogP contribution in [0.5, 0.6) is 0 Å². The highest BCUT2D eigenvalue weighted by molar-refractivity contribution is 5.69. The predicted molar refractivity (Wildman–Crippen MR) is 92.8 cm³/mol. The molecule has 1 aromatic heterocycles. The summed E-state index contributed by atoms with van der Waals surface area (Å²) in [5.74, 6) is 0.646. The van der Waals surface area contributed by atoms with E-state index >= 15 is 0 Å². The average molecular weight is 297 g/mol. The van der Waals surface area contributed by atoms with Crippen LogP contribution in [0.15, 0.2) is 95.6 Å². The number of rotatable bonds is 3. The summed E-state index contributed by atoms with van der Waals surface area (Å²) < 4.78 is 5.61. The molecule has 0 amide bonds. The van der Waals surface area contributed by atoms with Crippen molar-refractivity contribution in [3.8, 4) is 33.8 Å². The first-order chi connectivity index (χ1) is 11.4. The summed E-state index contributed by atoms with van der Waals surface area (Å²) in [6.45, 7) is 0. The van der Waals surface area contributed by atoms with Gasteiger partial charge in [-0.25, -0.2) is 4.98 Å². The molecular formula is C21H15NO. The van der Waals surface area contributed by atoms with Gasteiger partial charge in [0, 0.05) is 11.1 Å². The fourth-order valence-corrected chi connectivity index (χ4v) is 2.58. The molecule has 110 valence electrons. The second kappa shape index (κ2) is 5.93. The quantitative estimate of drug-likeness (QED) is 0.486. The SMILES string of the molecule is c1ccc(-c2ccc(-c3coc(-c4ccccc4)n3)cc2)cc1. The zero-order valence-corrected chi connectivity index (χ0v) is 12.5. The molecule has 4 aromatic rings. The van der Waals surface area contributed by atoms with E-state index in [1.807, 2.05) is 48.5 Å². The first-order valence-corrected chi connectivity index (χ1v) is 7.57. The summed E-state index contributed by atoms with van der Waals surface area (Å²) in [7, 11) is 0. The van der Waals surface area contributed by atoms with Crippen molar-refractivity contribution in [2.24, 2.45) is 0 Å². The van der Waals surface area contributed by atoms with Crippen molar-refractivity contribution < 1.29 is 4.42 Å². The average Bonchev–Trinajstić information content (AvgIpc) is 3.14. The standard InChI is InChI=1S/C21H15NO/c1-3-7-16(8-4-1)17-11-13-18(14-12-17)20-15-23-21(22-20)19-9-5-2-6-10-19/h1-15H. The minimum Gasteiger partial charge on any atom is -0.444 e. The van der Waals surface area contributed by atoms with Crippen molar-refractivity contribution >= 4 is 0 Å². The molecule has 23 heavy (non-hydrogen) atoms. The highest BCUT2D eigenvalue weighted by Gasteiger charge is 2.08. The molecule has 3 aromatic carbocycles. The van der Waals surface area contributed by atoms with Gasteiger partial charge in [-0.3, -0.25) is 0 Å². The third kappa shape index (κ3) is 2.79. The number of aromatic nitrogens is 1. The van der Waals surface area contributed by atoms with Gasteiger partial charge in [0.15, 0.2) is 0 Å². The van der Waals surface area contributed by atoms with Crippen LogP contribution in [-0.2, 0) is 0 Å². The molecule has 0 N–H and O–H groups in total. The molecule has 0 unspecified atom stereocenters. The fourth-order valence-electron chi connectivity index (χ4n) is 2.58. The van der Waals surface area contributed by atoms with Crippen molar-refractivity contribution in [3.05, 3.63) is 91.2 Å². The van der Waals surface area contributed by atoms with Crippen molar-refractivity contribution in [1.29, 1.82) is 0 Å². The van der Waals surface area contributed by atoms with Crippen LogP contribution < -0.4 is 0 Å². The van der Waals surface area contributed by atoms with Crippen LogP contribution in [0.4, 0.5) is 0 Å². The van der Waals surface area contributed by atoms with Crippen LogP contribution in [0.3, 0.4) is 0 Å². The Balaban J connectivity index is 1.63. The Kier molecular flexibility index (Phi) is 3.49. The molecule has 1 heterocycles. The molecule has 0 spiro atoms. The maximum Gasteiger partial charge on any atom is 0.226 e. The van der Waals surface area contributed by atoms with Crippen molar-refractivity contribution in [1.82, 2.24) is 4.98 Å². The third-order valence-corrected chi connectivity index (χ3v) is 3.81. The van der Waals surface area contributed by atoms with Crippen LogP contribution in [0.2, 0.25) is 0 Å². The van der Waals surface area contributed by atoms with Gasteiger partial charge in [-0.2, -0.15) is 0 Å². The van der Waals surface area contributed by atoms with E-state index in [0.29, 0.717) is 5.89 Å². The molecule has 0 fully saturated rings. The van der Waals surface area contributed by atoms with Gasteiger partial charge in [0.05, 0.1) is 0 Å². The van der Waals surface area contributed by atoms with E-state index in [9.17, 15) is 0 Å². The summed E-state index contributed by atoms with van der Waals surface area (Å²) in [5.41, 5.74) is 5.30. The van der Waals surface area contributed by atoms with Crippen molar-refractivity contribution in [2.45, 2.75) is 0 Å². The molecule has 2 nitrogen and oxygen atoms in total. The molecule has 0 aliphatic carbocycles. The zero-order valence-electron chi connectivity index (χ0n) is 12.5. The Morgan fingerprint density at radius 2 is 1.04 bits per heavy atom. The van der Waals surface area contributed by atoms with Crippen LogP contribution in [0.25, 0.3) is 33.8 Å². The summed E-state index contributed by atoms with van der Waals surface area (Å²) in [5, 5.41) is 0. The van der Waals surface area contributed by atoms with E-state index < -0.39 is 0 Å². The van der Waals surface area contributed by atoms with Crippen molar-refractivity contribution in [2.75, 3.05) is 0 Å². The van der Waals surface area contributed by atoms with E-state index in [1.54, 1.807) is 6.26 Å². The lowest BCUT2D eigenvalue weighted by Gasteiger charge is -2.02. The zero-order chi connectivity index (χ0) is 15.5. The van der Waals surface area contributed by atoms with Gasteiger partial charge in [-0.05, 0) is 23.3 Å². The van der Waals surface area contributed by atoms with Gasteiger partial charge in [-0.15, -0.1) is 0 Å². The second-order valence-electron chi connectivity index (χ2n) is 5.35. The summed E-state index contributed by atoms with van der Waals surface area (Å²) in [6.07, 6.45) is 1.71. The van der Waals surface area contributed by atoms with E-state index in [4.69, 9.17) is 4.42 Å². The maximum absolute atomic E-state index is 5.61. The first-order valence-electron chi connectivity index (χ1n) is 7.57. The Bertz CT molecular complexity index is 894. The number of oxazole rings is 1. The molecule has 2 heteroatoms. The van der Waals surface area contributed by atoms with Gasteiger partial charge in [0.2, 0.25) is 5.89 Å². The van der Waals surface area contributed by atoms with Crippen LogP contribution in [-0.4, -0.2) is 4.98 Å². The molecule has 0 atom stereocenters. The minimum absolute atomic E-state index is 0.646. The molecule has 4 rings (SSSR count). The predicted octanol–water partition coefficient (Wildman–Crippen LogP) is 5.68. The molecule has 0 radical (unpaired) electrons. The Hall–Kier alpha value is -3.13. The smallest absolute Gasteiger partial charge is 0.226 e. The molecule has 0 saturated heterocycles. The highest BCUT2D eigenvalue weighted by Crippen LogP contribution is 2.27. The van der Waals surface area contributed by atoms with Crippen LogP contribution >= 0.6 is 0 Å². The lowest BCUT2D eigenvalue weighted by atomic mass is 10.0. The Morgan fingerprint density at radius 3 is 1.70 bits per heavy atom. The van der Waals surface area contributed by atoms with E-state index in [2.05, 4.69) is 41.4 Å². The molecule has 0 bridgehead atoms. The fraction of sp³-hybridized carbons (Fsp3) is 0. The largest absolute Gasteiger partial charge is 0.444 e. The Morgan fingerprint density at radius 1 is 0.522 bits per heavy atom. The second-order valence-corrected chi connectivity index (χ2v) is 5.35. The minimum atomic E-state index is 0.646. The number of hydrogen-bond acceptors (Lipinski definition) is 2. The van der Waals surface area contributed by atoms with Crippen LogP contribution in [0.1, 0.15) is 0 Å².